The lowest BCUT2D eigenvalue weighted by atomic mass is 9.93. The van der Waals surface area contributed by atoms with E-state index in [-0.39, 0.29) is 12.5 Å². The summed E-state index contributed by atoms with van der Waals surface area (Å²) in [6.07, 6.45) is 3.31. The second-order valence-corrected chi connectivity index (χ2v) is 6.18. The predicted molar refractivity (Wildman–Crippen MR) is 72.7 cm³/mol. The second kappa shape index (κ2) is 6.39. The Morgan fingerprint density at radius 3 is 2.53 bits per heavy atom. The number of carbonyl (C=O) groups excluding carboxylic acids is 1. The highest BCUT2D eigenvalue weighted by Gasteiger charge is 2.32. The van der Waals surface area contributed by atoms with Gasteiger partial charge in [0.05, 0.1) is 18.8 Å². The SMILES string of the molecule is CC1C=CC(C(NC(=O)OC(C)(C)C)[C@H](O)CO)C1. The number of nitrogens with one attached hydrogen (secondary N) is 1. The molecule has 5 nitrogen and oxygen atoms in total. The van der Waals surface area contributed by atoms with Crippen LogP contribution in [0.5, 0.6) is 0 Å². The molecular weight excluding hydrogens is 246 g/mol. The molecule has 3 unspecified atom stereocenters. The molecule has 0 heterocycles. The van der Waals surface area contributed by atoms with Crippen LogP contribution in [0.2, 0.25) is 0 Å². The number of hydrogen-bond acceptors (Lipinski definition) is 4. The van der Waals surface area contributed by atoms with E-state index < -0.39 is 23.8 Å². The van der Waals surface area contributed by atoms with Crippen molar-refractivity contribution in [1.29, 1.82) is 0 Å². The number of aliphatic hydroxyl groups excluding tert-OH is 2. The topological polar surface area (TPSA) is 78.8 Å². The van der Waals surface area contributed by atoms with E-state index in [0.717, 1.165) is 6.42 Å². The van der Waals surface area contributed by atoms with Gasteiger partial charge in [0.2, 0.25) is 0 Å². The van der Waals surface area contributed by atoms with Crippen LogP contribution >= 0.6 is 0 Å². The number of ether oxygens (including phenoxy) is 1. The van der Waals surface area contributed by atoms with Gasteiger partial charge in [0.25, 0.3) is 0 Å². The van der Waals surface area contributed by atoms with Crippen LogP contribution in [0.15, 0.2) is 12.2 Å². The van der Waals surface area contributed by atoms with Crippen molar-refractivity contribution in [2.75, 3.05) is 6.61 Å². The molecule has 0 bridgehead atoms. The summed E-state index contributed by atoms with van der Waals surface area (Å²) in [6.45, 7) is 7.02. The van der Waals surface area contributed by atoms with Crippen LogP contribution in [-0.2, 0) is 4.74 Å². The maximum absolute atomic E-state index is 11.8. The largest absolute Gasteiger partial charge is 0.444 e. The first kappa shape index (κ1) is 16.0. The van der Waals surface area contributed by atoms with Gasteiger partial charge in [-0.05, 0) is 33.1 Å². The summed E-state index contributed by atoms with van der Waals surface area (Å²) in [4.78, 5) is 11.8. The van der Waals surface area contributed by atoms with Crippen molar-refractivity contribution in [2.24, 2.45) is 11.8 Å². The van der Waals surface area contributed by atoms with Crippen molar-refractivity contribution in [3.8, 4) is 0 Å². The Kier molecular flexibility index (Phi) is 5.38. The molecule has 0 aromatic carbocycles. The minimum atomic E-state index is -0.993. The Balaban J connectivity index is 2.65. The van der Waals surface area contributed by atoms with Gasteiger partial charge in [-0.15, -0.1) is 0 Å². The van der Waals surface area contributed by atoms with Crippen LogP contribution in [-0.4, -0.2) is 40.7 Å². The molecular formula is C14H25NO4. The molecule has 0 spiro atoms. The summed E-state index contributed by atoms with van der Waals surface area (Å²) in [6, 6.07) is -0.527. The van der Waals surface area contributed by atoms with Gasteiger partial charge >= 0.3 is 6.09 Å². The molecule has 0 radical (unpaired) electrons. The van der Waals surface area contributed by atoms with Crippen LogP contribution in [0, 0.1) is 11.8 Å². The summed E-state index contributed by atoms with van der Waals surface area (Å²) >= 11 is 0. The molecule has 1 rings (SSSR count). The van der Waals surface area contributed by atoms with Crippen LogP contribution < -0.4 is 5.32 Å². The zero-order valence-electron chi connectivity index (χ0n) is 12.1. The smallest absolute Gasteiger partial charge is 0.407 e. The Hall–Kier alpha value is -1.07. The highest BCUT2D eigenvalue weighted by Crippen LogP contribution is 2.27. The lowest BCUT2D eigenvalue weighted by Crippen LogP contribution is -2.50. The van der Waals surface area contributed by atoms with Gasteiger partial charge in [0.15, 0.2) is 0 Å². The van der Waals surface area contributed by atoms with Gasteiger partial charge in [0.1, 0.15) is 5.60 Å². The van der Waals surface area contributed by atoms with Crippen molar-refractivity contribution < 1.29 is 19.7 Å². The van der Waals surface area contributed by atoms with E-state index in [2.05, 4.69) is 18.3 Å². The van der Waals surface area contributed by atoms with Crippen LogP contribution in [0.1, 0.15) is 34.1 Å². The van der Waals surface area contributed by atoms with Crippen LogP contribution in [0.4, 0.5) is 4.79 Å². The molecule has 1 amide bonds. The molecule has 0 fully saturated rings. The van der Waals surface area contributed by atoms with E-state index in [4.69, 9.17) is 9.84 Å². The number of amides is 1. The Morgan fingerprint density at radius 1 is 1.47 bits per heavy atom. The summed E-state index contributed by atoms with van der Waals surface area (Å²) in [5.41, 5.74) is -0.586. The number of carbonyl (C=O) groups is 1. The third-order valence-electron chi connectivity index (χ3n) is 3.08. The molecule has 110 valence electrons. The molecule has 4 atom stereocenters. The van der Waals surface area contributed by atoms with Crippen molar-refractivity contribution >= 4 is 6.09 Å². The lowest BCUT2D eigenvalue weighted by Gasteiger charge is -2.29. The van der Waals surface area contributed by atoms with Gasteiger partial charge in [-0.1, -0.05) is 19.1 Å². The number of allylic oxidation sites excluding steroid dienone is 1. The minimum Gasteiger partial charge on any atom is -0.444 e. The van der Waals surface area contributed by atoms with Crippen molar-refractivity contribution in [3.05, 3.63) is 12.2 Å². The molecule has 3 N–H and O–H groups in total. The summed E-state index contributed by atoms with van der Waals surface area (Å²) in [5.74, 6) is 0.434. The van der Waals surface area contributed by atoms with E-state index in [1.165, 1.54) is 0 Å². The Bertz CT molecular complexity index is 335. The van der Waals surface area contributed by atoms with Crippen molar-refractivity contribution in [2.45, 2.75) is 51.9 Å². The molecule has 19 heavy (non-hydrogen) atoms. The molecule has 5 heteroatoms. The van der Waals surface area contributed by atoms with Crippen molar-refractivity contribution in [1.82, 2.24) is 5.32 Å². The van der Waals surface area contributed by atoms with E-state index >= 15 is 0 Å². The molecule has 0 saturated carbocycles. The predicted octanol–water partition coefficient (Wildman–Crippen LogP) is 1.45. The number of hydrogen-bond donors (Lipinski definition) is 3. The fraction of sp³-hybridized carbons (Fsp3) is 0.786. The lowest BCUT2D eigenvalue weighted by molar-refractivity contribution is 0.0242. The van der Waals surface area contributed by atoms with Gasteiger partial charge < -0.3 is 20.3 Å². The Morgan fingerprint density at radius 2 is 2.11 bits per heavy atom. The van der Waals surface area contributed by atoms with Gasteiger partial charge in [-0.2, -0.15) is 0 Å². The molecule has 1 aliphatic carbocycles. The summed E-state index contributed by atoms with van der Waals surface area (Å²) < 4.78 is 5.18. The van der Waals surface area contributed by atoms with Gasteiger partial charge in [-0.3, -0.25) is 0 Å². The van der Waals surface area contributed by atoms with Gasteiger partial charge in [0, 0.05) is 5.92 Å². The second-order valence-electron chi connectivity index (χ2n) is 6.18. The first-order valence-corrected chi connectivity index (χ1v) is 6.69. The quantitative estimate of drug-likeness (QED) is 0.676. The van der Waals surface area contributed by atoms with Crippen LogP contribution in [0.3, 0.4) is 0 Å². The third-order valence-corrected chi connectivity index (χ3v) is 3.08. The number of aliphatic hydroxyl groups is 2. The molecule has 1 aliphatic rings. The maximum Gasteiger partial charge on any atom is 0.407 e. The third kappa shape index (κ3) is 5.20. The zero-order valence-corrected chi connectivity index (χ0v) is 12.1. The van der Waals surface area contributed by atoms with Crippen molar-refractivity contribution in [3.63, 3.8) is 0 Å². The molecule has 0 aromatic heterocycles. The fourth-order valence-corrected chi connectivity index (χ4v) is 2.23. The molecule has 0 aromatic rings. The highest BCUT2D eigenvalue weighted by molar-refractivity contribution is 5.68. The van der Waals surface area contributed by atoms with E-state index in [9.17, 15) is 9.90 Å². The standard InChI is InChI=1S/C14H25NO4/c1-9-5-6-10(7-9)12(11(17)8-16)15-13(18)19-14(2,3)4/h5-6,9-12,16-17H,7-8H2,1-4H3,(H,15,18)/t9?,10?,11-,12?/m1/s1. The van der Waals surface area contributed by atoms with Gasteiger partial charge in [-0.25, -0.2) is 4.79 Å². The highest BCUT2D eigenvalue weighted by atomic mass is 16.6. The van der Waals surface area contributed by atoms with E-state index in [1.807, 2.05) is 6.08 Å². The normalized spacial score (nSPS) is 26.0. The molecule has 0 aliphatic heterocycles. The van der Waals surface area contributed by atoms with E-state index in [0.29, 0.717) is 5.92 Å². The summed E-state index contributed by atoms with van der Waals surface area (Å²) in [5, 5.41) is 21.6. The maximum atomic E-state index is 11.8. The first-order chi connectivity index (χ1) is 8.73. The minimum absolute atomic E-state index is 0.0182. The molecule has 0 saturated heterocycles. The Labute approximate surface area is 114 Å². The average Bonchev–Trinajstić information content (AvgIpc) is 2.69. The zero-order chi connectivity index (χ0) is 14.6. The number of rotatable bonds is 4. The average molecular weight is 271 g/mol. The summed E-state index contributed by atoms with van der Waals surface area (Å²) in [7, 11) is 0. The number of alkyl carbamates (subject to hydrolysis) is 1. The van der Waals surface area contributed by atoms with Crippen LogP contribution in [0.25, 0.3) is 0 Å². The monoisotopic (exact) mass is 271 g/mol. The first-order valence-electron chi connectivity index (χ1n) is 6.69. The van der Waals surface area contributed by atoms with E-state index in [1.54, 1.807) is 20.8 Å². The fourth-order valence-electron chi connectivity index (χ4n) is 2.23.